The van der Waals surface area contributed by atoms with Crippen LogP contribution in [0.2, 0.25) is 5.02 Å². The van der Waals surface area contributed by atoms with Gasteiger partial charge in [0.2, 0.25) is 0 Å². The van der Waals surface area contributed by atoms with Crippen LogP contribution in [0.4, 0.5) is 5.69 Å². The first kappa shape index (κ1) is 16.4. The van der Waals surface area contributed by atoms with E-state index in [1.807, 2.05) is 0 Å². The summed E-state index contributed by atoms with van der Waals surface area (Å²) in [5, 5.41) is 3.87. The largest absolute Gasteiger partial charge is 0.384 e. The van der Waals surface area contributed by atoms with Crippen LogP contribution < -0.4 is 5.32 Å². The minimum absolute atomic E-state index is 0.294. The maximum Gasteiger partial charge on any atom is 0.175 e. The number of hydrogen-bond acceptors (Lipinski definition) is 3. The molecule has 0 radical (unpaired) electrons. The third-order valence-electron chi connectivity index (χ3n) is 3.83. The average molecular weight is 328 g/mol. The van der Waals surface area contributed by atoms with Crippen LogP contribution >= 0.6 is 11.6 Å². The Morgan fingerprint density at radius 3 is 2.71 bits per heavy atom. The molecule has 1 aromatic carbocycles. The predicted molar refractivity (Wildman–Crippen MR) is 88.7 cm³/mol. The Morgan fingerprint density at radius 1 is 1.38 bits per heavy atom. The summed E-state index contributed by atoms with van der Waals surface area (Å²) in [5.41, 5.74) is 2.12. The summed E-state index contributed by atoms with van der Waals surface area (Å²) in [7, 11) is -3.21. The highest BCUT2D eigenvalue weighted by Gasteiger charge is 2.18. The lowest BCUT2D eigenvalue weighted by Gasteiger charge is -2.26. The summed E-state index contributed by atoms with van der Waals surface area (Å²) in [6.45, 7) is 5.20. The maximum atomic E-state index is 11.6. The molecule has 0 spiro atoms. The van der Waals surface area contributed by atoms with Crippen molar-refractivity contribution >= 4 is 27.1 Å². The van der Waals surface area contributed by atoms with Crippen molar-refractivity contribution in [2.24, 2.45) is 11.8 Å². The third kappa shape index (κ3) is 4.48. The third-order valence-corrected chi connectivity index (χ3v) is 5.27. The van der Waals surface area contributed by atoms with Crippen molar-refractivity contribution in [2.75, 3.05) is 18.1 Å². The molecule has 0 heterocycles. The zero-order chi connectivity index (χ0) is 15.6. The first-order valence-electron chi connectivity index (χ1n) is 7.16. The van der Waals surface area contributed by atoms with E-state index in [1.165, 1.54) is 11.8 Å². The molecule has 1 N–H and O–H groups in total. The first-order valence-corrected chi connectivity index (χ1v) is 9.43. The van der Waals surface area contributed by atoms with E-state index in [2.05, 4.69) is 25.2 Å². The summed E-state index contributed by atoms with van der Waals surface area (Å²) >= 11 is 6.15. The number of allylic oxidation sites excluding steroid dienone is 2. The van der Waals surface area contributed by atoms with Gasteiger partial charge in [-0.25, -0.2) is 8.42 Å². The number of benzene rings is 1. The monoisotopic (exact) mass is 327 g/mol. The molecular weight excluding hydrogens is 306 g/mol. The molecule has 0 saturated heterocycles. The van der Waals surface area contributed by atoms with Crippen molar-refractivity contribution < 1.29 is 8.42 Å². The molecular formula is C16H22ClNO2S. The van der Waals surface area contributed by atoms with Crippen LogP contribution in [0.15, 0.2) is 34.7 Å². The molecule has 0 saturated carbocycles. The van der Waals surface area contributed by atoms with Gasteiger partial charge in [0.05, 0.1) is 15.6 Å². The summed E-state index contributed by atoms with van der Waals surface area (Å²) in [4.78, 5) is 0.294. The van der Waals surface area contributed by atoms with Crippen molar-refractivity contribution in [3.05, 3.63) is 34.9 Å². The average Bonchev–Trinajstić information content (AvgIpc) is 2.35. The predicted octanol–water partition coefficient (Wildman–Crippen LogP) is 4.15. The molecule has 1 aromatic rings. The van der Waals surface area contributed by atoms with Crippen molar-refractivity contribution in [2.45, 2.75) is 31.6 Å². The van der Waals surface area contributed by atoms with Crippen LogP contribution in [0.1, 0.15) is 26.7 Å². The van der Waals surface area contributed by atoms with E-state index in [0.29, 0.717) is 27.4 Å². The molecule has 3 nitrogen and oxygen atoms in total. The second-order valence-electron chi connectivity index (χ2n) is 6.09. The summed E-state index contributed by atoms with van der Waals surface area (Å²) < 4.78 is 23.2. The zero-order valence-corrected chi connectivity index (χ0v) is 14.3. The standard InChI is InChI=1S/C16H22ClNO2S/c1-11-6-12(2)8-13(7-11)10-18-16-9-14(21(3,19)20)4-5-15(16)17/h4-6,9,11,13,18H,7-8,10H2,1-3H3. The number of nitrogens with one attached hydrogen (secondary N) is 1. The fourth-order valence-electron chi connectivity index (χ4n) is 2.97. The highest BCUT2D eigenvalue weighted by Crippen LogP contribution is 2.30. The number of anilines is 1. The Hall–Kier alpha value is -1.00. The van der Waals surface area contributed by atoms with Crippen LogP contribution in [0.5, 0.6) is 0 Å². The fourth-order valence-corrected chi connectivity index (χ4v) is 3.80. The highest BCUT2D eigenvalue weighted by molar-refractivity contribution is 7.90. The van der Waals surface area contributed by atoms with Gasteiger partial charge in [0.25, 0.3) is 0 Å². The van der Waals surface area contributed by atoms with Gasteiger partial charge in [-0.1, -0.05) is 30.2 Å². The smallest absolute Gasteiger partial charge is 0.175 e. The van der Waals surface area contributed by atoms with Gasteiger partial charge in [-0.3, -0.25) is 0 Å². The van der Waals surface area contributed by atoms with E-state index in [0.717, 1.165) is 19.4 Å². The summed E-state index contributed by atoms with van der Waals surface area (Å²) in [5.74, 6) is 1.16. The SMILES string of the molecule is CC1=CC(C)CC(CNc2cc(S(C)(=O)=O)ccc2Cl)C1. The summed E-state index contributed by atoms with van der Waals surface area (Å²) in [6, 6.07) is 4.79. The molecule has 0 aliphatic heterocycles. The molecule has 116 valence electrons. The molecule has 2 unspecified atom stereocenters. The van der Waals surface area contributed by atoms with E-state index in [1.54, 1.807) is 18.2 Å². The van der Waals surface area contributed by atoms with Gasteiger partial charge in [0.1, 0.15) is 0 Å². The van der Waals surface area contributed by atoms with Crippen LogP contribution in [-0.4, -0.2) is 21.2 Å². The molecule has 2 rings (SSSR count). The van der Waals surface area contributed by atoms with Gasteiger partial charge in [0.15, 0.2) is 9.84 Å². The van der Waals surface area contributed by atoms with E-state index < -0.39 is 9.84 Å². The lowest BCUT2D eigenvalue weighted by Crippen LogP contribution is -2.20. The minimum Gasteiger partial charge on any atom is -0.384 e. The van der Waals surface area contributed by atoms with E-state index in [4.69, 9.17) is 11.6 Å². The van der Waals surface area contributed by atoms with Gasteiger partial charge in [0, 0.05) is 12.8 Å². The van der Waals surface area contributed by atoms with Gasteiger partial charge in [-0.2, -0.15) is 0 Å². The van der Waals surface area contributed by atoms with Gasteiger partial charge >= 0.3 is 0 Å². The normalized spacial score (nSPS) is 22.8. The Morgan fingerprint density at radius 2 is 2.10 bits per heavy atom. The lowest BCUT2D eigenvalue weighted by atomic mass is 9.84. The molecule has 5 heteroatoms. The van der Waals surface area contributed by atoms with E-state index in [-0.39, 0.29) is 0 Å². The van der Waals surface area contributed by atoms with Crippen molar-refractivity contribution in [1.29, 1.82) is 0 Å². The van der Waals surface area contributed by atoms with E-state index >= 15 is 0 Å². The quantitative estimate of drug-likeness (QED) is 0.845. The second kappa shape index (κ2) is 6.41. The number of rotatable bonds is 4. The Bertz CT molecular complexity index is 652. The minimum atomic E-state index is -3.21. The molecule has 1 aliphatic rings. The van der Waals surface area contributed by atoms with Crippen molar-refractivity contribution in [3.8, 4) is 0 Å². The molecule has 1 aliphatic carbocycles. The first-order chi connectivity index (χ1) is 9.75. The fraction of sp³-hybridized carbons (Fsp3) is 0.500. The molecule has 0 amide bonds. The number of sulfone groups is 1. The Balaban J connectivity index is 2.08. The highest BCUT2D eigenvalue weighted by atomic mass is 35.5. The van der Waals surface area contributed by atoms with Gasteiger partial charge in [-0.05, 0) is 49.8 Å². The lowest BCUT2D eigenvalue weighted by molar-refractivity contribution is 0.421. The van der Waals surface area contributed by atoms with Crippen LogP contribution in [0, 0.1) is 11.8 Å². The number of halogens is 1. The zero-order valence-electron chi connectivity index (χ0n) is 12.7. The number of hydrogen-bond donors (Lipinski definition) is 1. The Kier molecular flexibility index (Phi) is 4.99. The van der Waals surface area contributed by atoms with Crippen LogP contribution in [0.25, 0.3) is 0 Å². The molecule has 0 bridgehead atoms. The maximum absolute atomic E-state index is 11.6. The molecule has 2 atom stereocenters. The second-order valence-corrected chi connectivity index (χ2v) is 8.51. The molecule has 0 aromatic heterocycles. The van der Waals surface area contributed by atoms with Gasteiger partial charge < -0.3 is 5.32 Å². The van der Waals surface area contributed by atoms with E-state index in [9.17, 15) is 8.42 Å². The molecule has 0 fully saturated rings. The van der Waals surface area contributed by atoms with Crippen molar-refractivity contribution in [3.63, 3.8) is 0 Å². The Labute approximate surface area is 132 Å². The topological polar surface area (TPSA) is 46.2 Å². The van der Waals surface area contributed by atoms with Crippen molar-refractivity contribution in [1.82, 2.24) is 0 Å². The molecule has 21 heavy (non-hydrogen) atoms. The van der Waals surface area contributed by atoms with Crippen LogP contribution in [0.3, 0.4) is 0 Å². The van der Waals surface area contributed by atoms with Crippen LogP contribution in [-0.2, 0) is 9.84 Å². The summed E-state index contributed by atoms with van der Waals surface area (Å²) in [6.07, 6.45) is 5.76. The van der Waals surface area contributed by atoms with Gasteiger partial charge in [-0.15, -0.1) is 0 Å².